The first-order chi connectivity index (χ1) is 6.56. The molecule has 0 aliphatic heterocycles. The van der Waals surface area contributed by atoms with Crippen molar-refractivity contribution in [3.63, 3.8) is 0 Å². The van der Waals surface area contributed by atoms with Gasteiger partial charge in [0.2, 0.25) is 0 Å². The molecule has 86 valence electrons. The van der Waals surface area contributed by atoms with Crippen molar-refractivity contribution in [2.24, 2.45) is 0 Å². The predicted octanol–water partition coefficient (Wildman–Crippen LogP) is 2.67. The van der Waals surface area contributed by atoms with Crippen LogP contribution in [0.4, 0.5) is 0 Å². The second-order valence-electron chi connectivity index (χ2n) is 2.65. The van der Waals surface area contributed by atoms with Crippen molar-refractivity contribution in [2.45, 2.75) is 12.5 Å². The third-order valence-corrected chi connectivity index (χ3v) is 3.97. The summed E-state index contributed by atoms with van der Waals surface area (Å²) in [7, 11) is 1.62. The normalized spacial score (nSPS) is 12.0. The zero-order chi connectivity index (χ0) is 10.9. The maximum absolute atomic E-state index is 5.68. The summed E-state index contributed by atoms with van der Waals surface area (Å²) in [4.78, 5) is 0. The SMILES string of the molecule is COCCOCOCCC[Si](Cl)(Cl)Cl. The Morgan fingerprint density at radius 3 is 2.21 bits per heavy atom. The van der Waals surface area contributed by atoms with Crippen molar-refractivity contribution in [3.05, 3.63) is 0 Å². The highest BCUT2D eigenvalue weighted by Crippen LogP contribution is 2.26. The Bertz CT molecular complexity index is 132. The molecule has 0 atom stereocenters. The van der Waals surface area contributed by atoms with Gasteiger partial charge < -0.3 is 14.2 Å². The average Bonchev–Trinajstić information content (AvgIpc) is 2.08. The average molecular weight is 282 g/mol. The lowest BCUT2D eigenvalue weighted by Crippen LogP contribution is -2.11. The monoisotopic (exact) mass is 280 g/mol. The number of ether oxygens (including phenoxy) is 3. The first-order valence-corrected chi connectivity index (χ1v) is 9.51. The third-order valence-electron chi connectivity index (χ3n) is 1.35. The Morgan fingerprint density at radius 2 is 1.64 bits per heavy atom. The van der Waals surface area contributed by atoms with Crippen LogP contribution in [0.1, 0.15) is 6.42 Å². The molecule has 0 aromatic rings. The zero-order valence-electron chi connectivity index (χ0n) is 8.10. The van der Waals surface area contributed by atoms with Crippen molar-refractivity contribution < 1.29 is 14.2 Å². The minimum atomic E-state index is -2.46. The number of methoxy groups -OCH3 is 1. The van der Waals surface area contributed by atoms with Crippen LogP contribution in [-0.4, -0.2) is 39.7 Å². The van der Waals surface area contributed by atoms with Gasteiger partial charge in [0.15, 0.2) is 0 Å². The molecule has 0 aliphatic rings. The molecule has 0 heterocycles. The molecule has 0 aliphatic carbocycles. The Labute approximate surface area is 99.7 Å². The van der Waals surface area contributed by atoms with E-state index in [0.29, 0.717) is 25.9 Å². The zero-order valence-corrected chi connectivity index (χ0v) is 11.4. The molecule has 14 heavy (non-hydrogen) atoms. The lowest BCUT2D eigenvalue weighted by atomic mass is 10.5. The van der Waals surface area contributed by atoms with Crippen LogP contribution in [0, 0.1) is 0 Å². The van der Waals surface area contributed by atoms with Gasteiger partial charge in [0, 0.05) is 13.7 Å². The van der Waals surface area contributed by atoms with E-state index in [1.165, 1.54) is 0 Å². The van der Waals surface area contributed by atoms with Crippen molar-refractivity contribution in [1.82, 2.24) is 0 Å². The summed E-state index contributed by atoms with van der Waals surface area (Å²) in [5, 5.41) is 0. The van der Waals surface area contributed by atoms with E-state index in [0.717, 1.165) is 6.42 Å². The van der Waals surface area contributed by atoms with E-state index in [1.54, 1.807) is 7.11 Å². The Hall–Kier alpha value is 0.967. The Balaban J connectivity index is 2.99. The molecular weight excluding hydrogens is 267 g/mol. The molecule has 3 nitrogen and oxygen atoms in total. The highest BCUT2D eigenvalue weighted by molar-refractivity contribution is 7.64. The summed E-state index contributed by atoms with van der Waals surface area (Å²) in [6.45, 7) is 1.94. The van der Waals surface area contributed by atoms with Crippen molar-refractivity contribution in [1.29, 1.82) is 0 Å². The second kappa shape index (κ2) is 9.21. The molecule has 0 unspecified atom stereocenters. The highest BCUT2D eigenvalue weighted by atomic mass is 35.8. The van der Waals surface area contributed by atoms with Crippen LogP contribution < -0.4 is 0 Å². The molecule has 0 fully saturated rings. The summed E-state index contributed by atoms with van der Waals surface area (Å²) in [5.74, 6) is 0. The van der Waals surface area contributed by atoms with Gasteiger partial charge in [-0.3, -0.25) is 0 Å². The van der Waals surface area contributed by atoms with Crippen LogP contribution in [0.25, 0.3) is 0 Å². The van der Waals surface area contributed by atoms with Gasteiger partial charge in [-0.1, -0.05) is 0 Å². The van der Waals surface area contributed by atoms with Gasteiger partial charge >= 0.3 is 6.00 Å². The maximum atomic E-state index is 5.68. The molecule has 0 aromatic heterocycles. The fourth-order valence-corrected chi connectivity index (χ4v) is 2.44. The Morgan fingerprint density at radius 1 is 1.00 bits per heavy atom. The molecule has 7 heteroatoms. The Kier molecular flexibility index (Phi) is 9.85. The first kappa shape index (κ1) is 15.0. The van der Waals surface area contributed by atoms with Gasteiger partial charge in [-0.15, -0.1) is 33.2 Å². The first-order valence-electron chi connectivity index (χ1n) is 4.27. The summed E-state index contributed by atoms with van der Waals surface area (Å²) < 4.78 is 15.0. The minimum absolute atomic E-state index is 0.269. The molecule has 0 rings (SSSR count). The van der Waals surface area contributed by atoms with Gasteiger partial charge in [-0.05, 0) is 12.5 Å². The van der Waals surface area contributed by atoms with E-state index in [2.05, 4.69) is 0 Å². The second-order valence-corrected chi connectivity index (χ2v) is 11.9. The van der Waals surface area contributed by atoms with Crippen LogP contribution in [0.5, 0.6) is 0 Å². The quantitative estimate of drug-likeness (QED) is 0.281. The number of hydrogen-bond donors (Lipinski definition) is 0. The van der Waals surface area contributed by atoms with Crippen LogP contribution in [-0.2, 0) is 14.2 Å². The number of halogens is 3. The van der Waals surface area contributed by atoms with Crippen LogP contribution in [0.3, 0.4) is 0 Å². The van der Waals surface area contributed by atoms with Crippen LogP contribution in [0.15, 0.2) is 0 Å². The van der Waals surface area contributed by atoms with Crippen molar-refractivity contribution >= 4 is 39.2 Å². The van der Waals surface area contributed by atoms with Gasteiger partial charge in [0.1, 0.15) is 6.79 Å². The smallest absolute Gasteiger partial charge is 0.341 e. The molecular formula is C7H15Cl3O3Si. The van der Waals surface area contributed by atoms with Crippen LogP contribution in [0.2, 0.25) is 6.04 Å². The van der Waals surface area contributed by atoms with Crippen molar-refractivity contribution in [3.8, 4) is 0 Å². The van der Waals surface area contributed by atoms with Gasteiger partial charge in [0.05, 0.1) is 13.2 Å². The molecule has 0 spiro atoms. The summed E-state index contributed by atoms with van der Waals surface area (Å²) in [6, 6.07) is -1.84. The fourth-order valence-electron chi connectivity index (χ4n) is 0.694. The molecule has 0 radical (unpaired) electrons. The van der Waals surface area contributed by atoms with Gasteiger partial charge in [-0.25, -0.2) is 0 Å². The van der Waals surface area contributed by atoms with Gasteiger partial charge in [0.25, 0.3) is 0 Å². The lowest BCUT2D eigenvalue weighted by molar-refractivity contribution is -0.0653. The molecule has 0 amide bonds. The van der Waals surface area contributed by atoms with Crippen molar-refractivity contribution in [2.75, 3.05) is 33.7 Å². The van der Waals surface area contributed by atoms with E-state index in [9.17, 15) is 0 Å². The number of rotatable bonds is 9. The standard InChI is InChI=1S/C7H15Cl3O3Si/c1-11-4-5-13-7-12-3-2-6-14(8,9)10/h2-7H2,1H3. The maximum Gasteiger partial charge on any atom is 0.341 e. The molecule has 0 aromatic carbocycles. The molecule has 0 N–H and O–H groups in total. The van der Waals surface area contributed by atoms with E-state index in [4.69, 9.17) is 47.4 Å². The highest BCUT2D eigenvalue weighted by Gasteiger charge is 2.23. The topological polar surface area (TPSA) is 27.7 Å². The summed E-state index contributed by atoms with van der Waals surface area (Å²) >= 11 is 17.0. The third kappa shape index (κ3) is 13.0. The fraction of sp³-hybridized carbons (Fsp3) is 1.00. The van der Waals surface area contributed by atoms with Crippen LogP contribution >= 0.6 is 33.2 Å². The molecule has 0 saturated heterocycles. The summed E-state index contributed by atoms with van der Waals surface area (Å²) in [5.41, 5.74) is 0. The van der Waals surface area contributed by atoms with Gasteiger partial charge in [-0.2, -0.15) is 0 Å². The molecule has 0 bridgehead atoms. The minimum Gasteiger partial charge on any atom is -0.382 e. The van der Waals surface area contributed by atoms with E-state index in [-0.39, 0.29) is 6.79 Å². The van der Waals surface area contributed by atoms with E-state index >= 15 is 0 Å². The lowest BCUT2D eigenvalue weighted by Gasteiger charge is -2.08. The number of hydrogen-bond acceptors (Lipinski definition) is 3. The summed E-state index contributed by atoms with van der Waals surface area (Å²) in [6.07, 6.45) is 0.760. The predicted molar refractivity (Wildman–Crippen MR) is 61.4 cm³/mol. The largest absolute Gasteiger partial charge is 0.382 e. The molecule has 0 saturated carbocycles. The van der Waals surface area contributed by atoms with E-state index in [1.807, 2.05) is 0 Å². The van der Waals surface area contributed by atoms with E-state index < -0.39 is 6.00 Å².